The van der Waals surface area contributed by atoms with Crippen molar-refractivity contribution in [2.75, 3.05) is 33.3 Å². The number of hydrogen-bond acceptors (Lipinski definition) is 3. The van der Waals surface area contributed by atoms with E-state index in [1.165, 1.54) is 0 Å². The van der Waals surface area contributed by atoms with Gasteiger partial charge < -0.3 is 15.0 Å². The number of aliphatic imine (C=N–C) groups is 1. The SMILES string of the molecule is CCOC(=O)C1CCCN(C(=NC)NCCCCC(F)(F)F)C1.I. The molecule has 0 radical (unpaired) electrons. The van der Waals surface area contributed by atoms with Crippen molar-refractivity contribution < 1.29 is 22.7 Å². The van der Waals surface area contributed by atoms with Crippen molar-refractivity contribution in [2.24, 2.45) is 10.9 Å². The summed E-state index contributed by atoms with van der Waals surface area (Å²) in [4.78, 5) is 18.0. The molecule has 1 rings (SSSR count). The van der Waals surface area contributed by atoms with Gasteiger partial charge in [0.05, 0.1) is 12.5 Å². The second-order valence-corrected chi connectivity index (χ2v) is 5.58. The van der Waals surface area contributed by atoms with Gasteiger partial charge in [0, 0.05) is 33.1 Å². The van der Waals surface area contributed by atoms with Crippen LogP contribution < -0.4 is 5.32 Å². The summed E-state index contributed by atoms with van der Waals surface area (Å²) in [5, 5.41) is 3.07. The number of carbonyl (C=O) groups excluding carboxylic acids is 1. The summed E-state index contributed by atoms with van der Waals surface area (Å²) in [7, 11) is 1.63. The average molecular weight is 465 g/mol. The molecule has 1 saturated heterocycles. The zero-order valence-corrected chi connectivity index (χ0v) is 16.5. The zero-order chi connectivity index (χ0) is 17.3. The van der Waals surface area contributed by atoms with E-state index >= 15 is 0 Å². The van der Waals surface area contributed by atoms with Gasteiger partial charge in [0.25, 0.3) is 0 Å². The van der Waals surface area contributed by atoms with Gasteiger partial charge in [-0.25, -0.2) is 0 Å². The van der Waals surface area contributed by atoms with Gasteiger partial charge in [-0.2, -0.15) is 13.2 Å². The lowest BCUT2D eigenvalue weighted by Crippen LogP contribution is -2.48. The second-order valence-electron chi connectivity index (χ2n) is 5.58. The Morgan fingerprint density at radius 3 is 2.67 bits per heavy atom. The van der Waals surface area contributed by atoms with Crippen molar-refractivity contribution in [1.82, 2.24) is 10.2 Å². The fraction of sp³-hybridized carbons (Fsp3) is 0.867. The van der Waals surface area contributed by atoms with Crippen molar-refractivity contribution in [3.05, 3.63) is 0 Å². The number of ether oxygens (including phenoxy) is 1. The van der Waals surface area contributed by atoms with E-state index in [9.17, 15) is 18.0 Å². The minimum atomic E-state index is -4.10. The molecule has 0 aromatic rings. The normalized spacial score (nSPS) is 18.8. The van der Waals surface area contributed by atoms with Gasteiger partial charge in [-0.15, -0.1) is 24.0 Å². The van der Waals surface area contributed by atoms with Crippen LogP contribution in [0.5, 0.6) is 0 Å². The lowest BCUT2D eigenvalue weighted by Gasteiger charge is -2.34. The molecule has 9 heteroatoms. The molecule has 0 bridgehead atoms. The van der Waals surface area contributed by atoms with Crippen LogP contribution in [0.4, 0.5) is 13.2 Å². The van der Waals surface area contributed by atoms with Crippen molar-refractivity contribution in [2.45, 2.75) is 45.2 Å². The molecular formula is C15H27F3IN3O2. The Balaban J connectivity index is 0.00000529. The van der Waals surface area contributed by atoms with Crippen LogP contribution in [-0.2, 0) is 9.53 Å². The maximum absolute atomic E-state index is 12.1. The predicted molar refractivity (Wildman–Crippen MR) is 97.6 cm³/mol. The number of nitrogens with zero attached hydrogens (tertiary/aromatic N) is 2. The van der Waals surface area contributed by atoms with E-state index in [0.29, 0.717) is 32.1 Å². The molecule has 1 unspecified atom stereocenters. The molecule has 0 aromatic heterocycles. The summed E-state index contributed by atoms with van der Waals surface area (Å²) in [5.41, 5.74) is 0. The Labute approximate surface area is 158 Å². The Morgan fingerprint density at radius 2 is 2.08 bits per heavy atom. The number of esters is 1. The van der Waals surface area contributed by atoms with Crippen LogP contribution in [-0.4, -0.2) is 56.3 Å². The second kappa shape index (κ2) is 11.8. The molecule has 0 amide bonds. The monoisotopic (exact) mass is 465 g/mol. The molecule has 0 aliphatic carbocycles. The standard InChI is InChI=1S/C15H26F3N3O2.HI/c1-3-23-13(22)12-7-6-10-21(11-12)14(19-2)20-9-5-4-8-15(16,17)18;/h12H,3-11H2,1-2H3,(H,19,20);1H. The first-order valence-corrected chi connectivity index (χ1v) is 8.06. The molecule has 142 valence electrons. The van der Waals surface area contributed by atoms with Crippen LogP contribution in [0, 0.1) is 5.92 Å². The molecule has 1 N–H and O–H groups in total. The van der Waals surface area contributed by atoms with Gasteiger partial charge in [0.1, 0.15) is 0 Å². The highest BCUT2D eigenvalue weighted by atomic mass is 127. The third-order valence-corrected chi connectivity index (χ3v) is 3.72. The lowest BCUT2D eigenvalue weighted by atomic mass is 9.98. The lowest BCUT2D eigenvalue weighted by molar-refractivity contribution is -0.149. The quantitative estimate of drug-likeness (QED) is 0.215. The minimum absolute atomic E-state index is 0. The summed E-state index contributed by atoms with van der Waals surface area (Å²) in [6.45, 7) is 3.88. The highest BCUT2D eigenvalue weighted by molar-refractivity contribution is 14.0. The third-order valence-electron chi connectivity index (χ3n) is 3.72. The van der Waals surface area contributed by atoms with E-state index in [1.54, 1.807) is 14.0 Å². The summed E-state index contributed by atoms with van der Waals surface area (Å²) < 4.78 is 41.3. The Kier molecular flexibility index (Phi) is 11.4. The van der Waals surface area contributed by atoms with E-state index in [2.05, 4.69) is 10.3 Å². The van der Waals surface area contributed by atoms with E-state index < -0.39 is 12.6 Å². The highest BCUT2D eigenvalue weighted by Crippen LogP contribution is 2.22. The van der Waals surface area contributed by atoms with Crippen molar-refractivity contribution in [3.63, 3.8) is 0 Å². The molecule has 1 heterocycles. The predicted octanol–water partition coefficient (Wildman–Crippen LogP) is 3.19. The minimum Gasteiger partial charge on any atom is -0.466 e. The Bertz CT molecular complexity index is 406. The number of nitrogens with one attached hydrogen (secondary N) is 1. The fourth-order valence-electron chi connectivity index (χ4n) is 2.60. The van der Waals surface area contributed by atoms with E-state index in [-0.39, 0.29) is 42.3 Å². The van der Waals surface area contributed by atoms with Gasteiger partial charge in [0.15, 0.2) is 5.96 Å². The number of likely N-dealkylation sites (tertiary alicyclic amines) is 1. The van der Waals surface area contributed by atoms with Gasteiger partial charge in [-0.1, -0.05) is 0 Å². The molecule has 24 heavy (non-hydrogen) atoms. The molecule has 1 atom stereocenters. The van der Waals surface area contributed by atoms with Crippen molar-refractivity contribution in [1.29, 1.82) is 0 Å². The first kappa shape index (κ1) is 23.3. The van der Waals surface area contributed by atoms with Crippen LogP contribution in [0.15, 0.2) is 4.99 Å². The van der Waals surface area contributed by atoms with E-state index in [0.717, 1.165) is 19.4 Å². The number of piperidine rings is 1. The topological polar surface area (TPSA) is 53.9 Å². The smallest absolute Gasteiger partial charge is 0.389 e. The van der Waals surface area contributed by atoms with Gasteiger partial charge in [-0.3, -0.25) is 9.79 Å². The van der Waals surface area contributed by atoms with Crippen LogP contribution in [0.25, 0.3) is 0 Å². The molecule has 0 spiro atoms. The van der Waals surface area contributed by atoms with Crippen molar-refractivity contribution >= 4 is 35.9 Å². The van der Waals surface area contributed by atoms with Gasteiger partial charge >= 0.3 is 12.1 Å². The summed E-state index contributed by atoms with van der Waals surface area (Å²) in [6, 6.07) is 0. The maximum atomic E-state index is 12.1. The van der Waals surface area contributed by atoms with Crippen LogP contribution in [0.2, 0.25) is 0 Å². The molecule has 1 aliphatic rings. The molecule has 1 fully saturated rings. The average Bonchev–Trinajstić information content (AvgIpc) is 2.50. The fourth-order valence-corrected chi connectivity index (χ4v) is 2.60. The highest BCUT2D eigenvalue weighted by Gasteiger charge is 2.28. The van der Waals surface area contributed by atoms with E-state index in [4.69, 9.17) is 4.74 Å². The van der Waals surface area contributed by atoms with Crippen LogP contribution in [0.1, 0.15) is 39.0 Å². The summed E-state index contributed by atoms with van der Waals surface area (Å²) in [5.74, 6) is 0.260. The largest absolute Gasteiger partial charge is 0.466 e. The zero-order valence-electron chi connectivity index (χ0n) is 14.2. The number of unbranched alkanes of at least 4 members (excludes halogenated alkanes) is 1. The number of rotatable bonds is 6. The molecule has 5 nitrogen and oxygen atoms in total. The Morgan fingerprint density at radius 1 is 1.38 bits per heavy atom. The molecule has 0 saturated carbocycles. The molecule has 1 aliphatic heterocycles. The first-order valence-electron chi connectivity index (χ1n) is 8.06. The van der Waals surface area contributed by atoms with Gasteiger partial charge in [-0.05, 0) is 32.6 Å². The number of hydrogen-bond donors (Lipinski definition) is 1. The third kappa shape index (κ3) is 8.93. The van der Waals surface area contributed by atoms with E-state index in [1.807, 2.05) is 4.90 Å². The molecule has 0 aromatic carbocycles. The number of guanidine groups is 1. The number of carbonyl (C=O) groups is 1. The van der Waals surface area contributed by atoms with Crippen molar-refractivity contribution in [3.8, 4) is 0 Å². The number of halogens is 4. The number of alkyl halides is 3. The van der Waals surface area contributed by atoms with Gasteiger partial charge in [0.2, 0.25) is 0 Å². The summed E-state index contributed by atoms with van der Waals surface area (Å²) in [6.07, 6.45) is -2.69. The molecular weight excluding hydrogens is 438 g/mol. The van der Waals surface area contributed by atoms with Crippen LogP contribution in [0.3, 0.4) is 0 Å². The Hall–Kier alpha value is -0.740. The first-order chi connectivity index (χ1) is 10.9. The summed E-state index contributed by atoms with van der Waals surface area (Å²) >= 11 is 0. The maximum Gasteiger partial charge on any atom is 0.389 e. The van der Waals surface area contributed by atoms with Crippen LogP contribution >= 0.6 is 24.0 Å².